The van der Waals surface area contributed by atoms with Crippen molar-refractivity contribution in [3.05, 3.63) is 0 Å². The third-order valence-electron chi connectivity index (χ3n) is 6.33. The van der Waals surface area contributed by atoms with Crippen LogP contribution in [0.1, 0.15) is 45.4 Å². The van der Waals surface area contributed by atoms with Crippen LogP contribution in [0.5, 0.6) is 0 Å². The molecule has 1 atom stereocenters. The number of rotatable bonds is 2. The van der Waals surface area contributed by atoms with Gasteiger partial charge in [0.2, 0.25) is 0 Å². The van der Waals surface area contributed by atoms with E-state index < -0.39 is 0 Å². The van der Waals surface area contributed by atoms with Crippen molar-refractivity contribution >= 4 is 6.03 Å². The molecule has 3 nitrogen and oxygen atoms in total. The SMILES string of the molecule is C[C@@H](N1CCNC1=O)C12CC3CC(CC(C3)C1)C2. The first-order valence-electron chi connectivity index (χ1n) is 7.71. The topological polar surface area (TPSA) is 32.3 Å². The van der Waals surface area contributed by atoms with Crippen molar-refractivity contribution in [1.82, 2.24) is 10.2 Å². The molecule has 18 heavy (non-hydrogen) atoms. The maximum Gasteiger partial charge on any atom is 0.317 e. The molecule has 0 radical (unpaired) electrons. The quantitative estimate of drug-likeness (QED) is 0.800. The molecule has 1 saturated heterocycles. The highest BCUT2D eigenvalue weighted by Gasteiger charge is 2.54. The van der Waals surface area contributed by atoms with Gasteiger partial charge in [-0.15, -0.1) is 0 Å². The van der Waals surface area contributed by atoms with Crippen molar-refractivity contribution in [2.24, 2.45) is 23.2 Å². The van der Waals surface area contributed by atoms with Gasteiger partial charge in [0.25, 0.3) is 0 Å². The van der Waals surface area contributed by atoms with Crippen molar-refractivity contribution in [2.45, 2.75) is 51.5 Å². The Balaban J connectivity index is 1.61. The molecule has 4 saturated carbocycles. The van der Waals surface area contributed by atoms with Gasteiger partial charge in [0.15, 0.2) is 0 Å². The lowest BCUT2D eigenvalue weighted by atomic mass is 9.47. The van der Waals surface area contributed by atoms with E-state index in [-0.39, 0.29) is 6.03 Å². The molecule has 1 N–H and O–H groups in total. The van der Waals surface area contributed by atoms with Gasteiger partial charge in [-0.2, -0.15) is 0 Å². The number of urea groups is 1. The van der Waals surface area contributed by atoms with Crippen LogP contribution in [0.25, 0.3) is 0 Å². The smallest absolute Gasteiger partial charge is 0.317 e. The fourth-order valence-corrected chi connectivity index (χ4v) is 5.88. The van der Waals surface area contributed by atoms with Gasteiger partial charge in [0.1, 0.15) is 0 Å². The van der Waals surface area contributed by atoms with Crippen LogP contribution < -0.4 is 5.32 Å². The minimum atomic E-state index is 0.179. The van der Waals surface area contributed by atoms with Gasteiger partial charge in [-0.1, -0.05) is 0 Å². The minimum Gasteiger partial charge on any atom is -0.336 e. The molecule has 0 aromatic heterocycles. The molecular formula is C15H24N2O. The molecular weight excluding hydrogens is 224 g/mol. The van der Waals surface area contributed by atoms with E-state index in [4.69, 9.17) is 0 Å². The van der Waals surface area contributed by atoms with Crippen LogP contribution in [0.3, 0.4) is 0 Å². The standard InChI is InChI=1S/C15H24N2O/c1-10(17-3-2-16-14(17)18)15-7-11-4-12(8-15)6-13(5-11)9-15/h10-13H,2-9H2,1H3,(H,16,18)/t10-,11?,12?,13?,15?/m1/s1. The summed E-state index contributed by atoms with van der Waals surface area (Å²) in [5.41, 5.74) is 0.469. The van der Waals surface area contributed by atoms with Crippen LogP contribution in [0.4, 0.5) is 4.79 Å². The first-order chi connectivity index (χ1) is 8.66. The second-order valence-electron chi connectivity index (χ2n) is 7.38. The van der Waals surface area contributed by atoms with E-state index in [9.17, 15) is 4.79 Å². The lowest BCUT2D eigenvalue weighted by Crippen LogP contribution is -2.56. The van der Waals surface area contributed by atoms with Gasteiger partial charge < -0.3 is 10.2 Å². The van der Waals surface area contributed by atoms with E-state index in [1.807, 2.05) is 0 Å². The number of hydrogen-bond donors (Lipinski definition) is 1. The molecule has 3 heteroatoms. The summed E-state index contributed by atoms with van der Waals surface area (Å²) in [6.45, 7) is 4.08. The first kappa shape index (κ1) is 11.1. The Bertz CT molecular complexity index is 343. The van der Waals surface area contributed by atoms with Crippen molar-refractivity contribution in [1.29, 1.82) is 0 Å². The highest BCUT2D eigenvalue weighted by atomic mass is 16.2. The van der Waals surface area contributed by atoms with Crippen molar-refractivity contribution < 1.29 is 4.79 Å². The lowest BCUT2D eigenvalue weighted by molar-refractivity contribution is -0.0864. The fraction of sp³-hybridized carbons (Fsp3) is 0.933. The maximum absolute atomic E-state index is 11.9. The molecule has 5 rings (SSSR count). The van der Waals surface area contributed by atoms with Gasteiger partial charge in [-0.25, -0.2) is 4.79 Å². The zero-order valence-electron chi connectivity index (χ0n) is 11.3. The molecule has 4 aliphatic carbocycles. The lowest BCUT2D eigenvalue weighted by Gasteiger charge is -2.60. The summed E-state index contributed by atoms with van der Waals surface area (Å²) in [5, 5.41) is 2.97. The molecule has 100 valence electrons. The van der Waals surface area contributed by atoms with Gasteiger partial charge in [-0.3, -0.25) is 0 Å². The predicted octanol–water partition coefficient (Wildman–Crippen LogP) is 2.62. The summed E-state index contributed by atoms with van der Waals surface area (Å²) in [5.74, 6) is 2.93. The molecule has 1 aliphatic heterocycles. The molecule has 1 heterocycles. The number of carbonyl (C=O) groups is 1. The minimum absolute atomic E-state index is 0.179. The Morgan fingerprint density at radius 3 is 2.17 bits per heavy atom. The Hall–Kier alpha value is -0.730. The van der Waals surface area contributed by atoms with Crippen LogP contribution in [-0.2, 0) is 0 Å². The third-order valence-corrected chi connectivity index (χ3v) is 6.33. The van der Waals surface area contributed by atoms with Crippen molar-refractivity contribution in [3.63, 3.8) is 0 Å². The number of amides is 2. The molecule has 5 fully saturated rings. The van der Waals surface area contributed by atoms with Gasteiger partial charge in [-0.05, 0) is 68.6 Å². The van der Waals surface area contributed by atoms with Gasteiger partial charge >= 0.3 is 6.03 Å². The Morgan fingerprint density at radius 1 is 1.17 bits per heavy atom. The van der Waals surface area contributed by atoms with E-state index in [0.29, 0.717) is 11.5 Å². The highest BCUT2D eigenvalue weighted by molar-refractivity contribution is 5.76. The molecule has 0 aromatic rings. The summed E-state index contributed by atoms with van der Waals surface area (Å²) in [4.78, 5) is 14.0. The van der Waals surface area contributed by atoms with E-state index >= 15 is 0 Å². The summed E-state index contributed by atoms with van der Waals surface area (Å²) >= 11 is 0. The summed E-state index contributed by atoms with van der Waals surface area (Å²) in [6.07, 6.45) is 8.63. The van der Waals surface area contributed by atoms with Crippen molar-refractivity contribution in [2.75, 3.05) is 13.1 Å². The Kier molecular flexibility index (Phi) is 2.25. The van der Waals surface area contributed by atoms with Crippen LogP contribution in [0.15, 0.2) is 0 Å². The molecule has 0 spiro atoms. The third kappa shape index (κ3) is 1.45. The van der Waals surface area contributed by atoms with Gasteiger partial charge in [0.05, 0.1) is 0 Å². The second-order valence-corrected chi connectivity index (χ2v) is 7.38. The molecule has 0 unspecified atom stereocenters. The molecule has 4 bridgehead atoms. The Morgan fingerprint density at radius 2 is 1.72 bits per heavy atom. The summed E-state index contributed by atoms with van der Waals surface area (Å²) in [6, 6.07) is 0.631. The van der Waals surface area contributed by atoms with E-state index in [1.165, 1.54) is 38.5 Å². The summed E-state index contributed by atoms with van der Waals surface area (Å²) < 4.78 is 0. The van der Waals surface area contributed by atoms with E-state index in [0.717, 1.165) is 30.8 Å². The molecule has 2 amide bonds. The average molecular weight is 248 g/mol. The average Bonchev–Trinajstić information content (AvgIpc) is 2.72. The van der Waals surface area contributed by atoms with Crippen LogP contribution in [0.2, 0.25) is 0 Å². The monoisotopic (exact) mass is 248 g/mol. The van der Waals surface area contributed by atoms with Crippen molar-refractivity contribution in [3.8, 4) is 0 Å². The normalized spacial score (nSPS) is 47.5. The highest BCUT2D eigenvalue weighted by Crippen LogP contribution is 2.61. The van der Waals surface area contributed by atoms with E-state index in [1.54, 1.807) is 0 Å². The van der Waals surface area contributed by atoms with Crippen LogP contribution >= 0.6 is 0 Å². The fourth-order valence-electron chi connectivity index (χ4n) is 5.88. The van der Waals surface area contributed by atoms with E-state index in [2.05, 4.69) is 17.1 Å². The predicted molar refractivity (Wildman–Crippen MR) is 70.2 cm³/mol. The second kappa shape index (κ2) is 3.64. The molecule has 5 aliphatic rings. The zero-order chi connectivity index (χ0) is 12.3. The zero-order valence-corrected chi connectivity index (χ0v) is 11.3. The number of nitrogens with one attached hydrogen (secondary N) is 1. The number of nitrogens with zero attached hydrogens (tertiary/aromatic N) is 1. The largest absolute Gasteiger partial charge is 0.336 e. The Labute approximate surface area is 109 Å². The van der Waals surface area contributed by atoms with Gasteiger partial charge in [0, 0.05) is 19.1 Å². The molecule has 0 aromatic carbocycles. The van der Waals surface area contributed by atoms with Crippen LogP contribution in [0, 0.1) is 23.2 Å². The maximum atomic E-state index is 11.9. The number of carbonyl (C=O) groups excluding carboxylic acids is 1. The number of hydrogen-bond acceptors (Lipinski definition) is 1. The van der Waals surface area contributed by atoms with Crippen LogP contribution in [-0.4, -0.2) is 30.1 Å². The first-order valence-corrected chi connectivity index (χ1v) is 7.71. The summed E-state index contributed by atoms with van der Waals surface area (Å²) in [7, 11) is 0.